The number of allylic oxidation sites excluding steroid dienone is 2. The molecule has 0 aromatic heterocycles. The van der Waals surface area contributed by atoms with Crippen molar-refractivity contribution in [2.24, 2.45) is 35.5 Å². The van der Waals surface area contributed by atoms with E-state index < -0.39 is 0 Å². The van der Waals surface area contributed by atoms with E-state index >= 15 is 0 Å². The van der Waals surface area contributed by atoms with Crippen LogP contribution in [0.3, 0.4) is 0 Å². The Morgan fingerprint density at radius 1 is 1.39 bits per heavy atom. The van der Waals surface area contributed by atoms with Crippen LogP contribution in [0.5, 0.6) is 0 Å². The molecule has 0 radical (unpaired) electrons. The van der Waals surface area contributed by atoms with E-state index in [1.807, 2.05) is 0 Å². The highest BCUT2D eigenvalue weighted by Gasteiger charge is 2.51. The van der Waals surface area contributed by atoms with Gasteiger partial charge in [0.1, 0.15) is 6.29 Å². The highest BCUT2D eigenvalue weighted by atomic mass is 35.5. The van der Waals surface area contributed by atoms with Crippen molar-refractivity contribution in [1.29, 1.82) is 0 Å². The van der Waals surface area contributed by atoms with Crippen molar-refractivity contribution < 1.29 is 9.53 Å². The smallest absolute Gasteiger partial charge is 0.143 e. The summed E-state index contributed by atoms with van der Waals surface area (Å²) in [5.74, 6) is 5.00. The maximum absolute atomic E-state index is 10.6. The Morgan fingerprint density at radius 2 is 2.17 bits per heavy atom. The van der Waals surface area contributed by atoms with Crippen molar-refractivity contribution in [2.45, 2.75) is 58.8 Å². The molecular weight excluding hydrogens is 308 g/mol. The summed E-state index contributed by atoms with van der Waals surface area (Å²) in [6.45, 7) is 5.52. The summed E-state index contributed by atoms with van der Waals surface area (Å²) in [7, 11) is 1.78. The third kappa shape index (κ3) is 5.06. The van der Waals surface area contributed by atoms with Gasteiger partial charge in [-0.05, 0) is 80.1 Å². The van der Waals surface area contributed by atoms with Gasteiger partial charge in [-0.3, -0.25) is 4.79 Å². The first-order chi connectivity index (χ1) is 11.1. The lowest BCUT2D eigenvalue weighted by Gasteiger charge is -2.36. The van der Waals surface area contributed by atoms with Crippen molar-refractivity contribution in [3.05, 3.63) is 11.1 Å². The minimum absolute atomic E-state index is 0.526. The van der Waals surface area contributed by atoms with Crippen LogP contribution in [-0.4, -0.2) is 20.0 Å². The maximum atomic E-state index is 10.6. The van der Waals surface area contributed by atoms with Crippen LogP contribution in [-0.2, 0) is 9.53 Å². The van der Waals surface area contributed by atoms with Crippen molar-refractivity contribution in [2.75, 3.05) is 13.7 Å². The average molecular weight is 341 g/mol. The molecule has 0 amide bonds. The molecule has 0 aliphatic heterocycles. The summed E-state index contributed by atoms with van der Waals surface area (Å²) in [6, 6.07) is 0. The van der Waals surface area contributed by atoms with Gasteiger partial charge in [-0.25, -0.2) is 0 Å². The summed E-state index contributed by atoms with van der Waals surface area (Å²) in [5.41, 5.74) is 0. The molecule has 6 atom stereocenters. The number of methoxy groups -OCH3 is 1. The highest BCUT2D eigenvalue weighted by Crippen LogP contribution is 2.60. The van der Waals surface area contributed by atoms with E-state index in [2.05, 4.69) is 13.8 Å². The van der Waals surface area contributed by atoms with Gasteiger partial charge in [0.2, 0.25) is 0 Å². The topological polar surface area (TPSA) is 26.3 Å². The molecule has 3 heteroatoms. The predicted molar refractivity (Wildman–Crippen MR) is 96.5 cm³/mol. The Kier molecular flexibility index (Phi) is 7.62. The lowest BCUT2D eigenvalue weighted by molar-refractivity contribution is -0.104. The first-order valence-electron chi connectivity index (χ1n) is 9.41. The first kappa shape index (κ1) is 19.0. The largest absolute Gasteiger partial charge is 0.385 e. The van der Waals surface area contributed by atoms with E-state index in [-0.39, 0.29) is 0 Å². The van der Waals surface area contributed by atoms with Crippen LogP contribution < -0.4 is 0 Å². The molecule has 2 rings (SSSR count). The number of fused-ring (bicyclic) bond motifs is 1. The van der Waals surface area contributed by atoms with Crippen molar-refractivity contribution in [3.63, 3.8) is 0 Å². The summed E-state index contributed by atoms with van der Waals surface area (Å²) in [5, 5.41) is 0.704. The van der Waals surface area contributed by atoms with E-state index in [4.69, 9.17) is 16.3 Å². The van der Waals surface area contributed by atoms with Crippen LogP contribution in [0.1, 0.15) is 58.8 Å². The van der Waals surface area contributed by atoms with E-state index in [0.717, 1.165) is 49.4 Å². The molecule has 2 fully saturated rings. The zero-order valence-electron chi connectivity index (χ0n) is 15.0. The summed E-state index contributed by atoms with van der Waals surface area (Å²) < 4.78 is 5.28. The molecular formula is C20H33ClO2. The molecule has 2 aliphatic rings. The van der Waals surface area contributed by atoms with Gasteiger partial charge in [0, 0.05) is 18.7 Å². The SMILES string of the molecule is CCC(C(CCCOC)C(C)C/C(Cl)=C/C=O)C1CCC2CC21. The van der Waals surface area contributed by atoms with Gasteiger partial charge in [-0.1, -0.05) is 31.9 Å². The normalized spacial score (nSPS) is 30.6. The molecule has 0 aromatic rings. The highest BCUT2D eigenvalue weighted by molar-refractivity contribution is 6.30. The average Bonchev–Trinajstić information content (AvgIpc) is 3.19. The van der Waals surface area contributed by atoms with Gasteiger partial charge < -0.3 is 4.74 Å². The number of hydrogen-bond donors (Lipinski definition) is 0. The van der Waals surface area contributed by atoms with Gasteiger partial charge in [0.25, 0.3) is 0 Å². The molecule has 0 N–H and O–H groups in total. The third-order valence-electron chi connectivity index (χ3n) is 6.35. The van der Waals surface area contributed by atoms with Crippen LogP contribution in [0.15, 0.2) is 11.1 Å². The quantitative estimate of drug-likeness (QED) is 0.284. The molecule has 2 aliphatic carbocycles. The Bertz CT molecular complexity index is 406. The van der Waals surface area contributed by atoms with Crippen LogP contribution in [0, 0.1) is 35.5 Å². The summed E-state index contributed by atoms with van der Waals surface area (Å²) in [6.07, 6.45) is 11.1. The molecule has 0 aromatic carbocycles. The Morgan fingerprint density at radius 3 is 2.70 bits per heavy atom. The van der Waals surface area contributed by atoms with E-state index in [9.17, 15) is 4.79 Å². The monoisotopic (exact) mass is 340 g/mol. The number of rotatable bonds is 11. The minimum atomic E-state index is 0.526. The van der Waals surface area contributed by atoms with Crippen LogP contribution in [0.25, 0.3) is 0 Å². The van der Waals surface area contributed by atoms with Crippen molar-refractivity contribution >= 4 is 17.9 Å². The van der Waals surface area contributed by atoms with Gasteiger partial charge in [0.15, 0.2) is 0 Å². The second-order valence-corrected chi connectivity index (χ2v) is 8.19. The summed E-state index contributed by atoms with van der Waals surface area (Å²) in [4.78, 5) is 10.6. The fraction of sp³-hybridized carbons (Fsp3) is 0.850. The van der Waals surface area contributed by atoms with Gasteiger partial charge in [-0.2, -0.15) is 0 Å². The molecule has 2 nitrogen and oxygen atoms in total. The number of ether oxygens (including phenoxy) is 1. The molecule has 0 saturated heterocycles. The number of carbonyl (C=O) groups excluding carboxylic acids is 1. The van der Waals surface area contributed by atoms with Gasteiger partial charge in [-0.15, -0.1) is 0 Å². The van der Waals surface area contributed by atoms with Crippen molar-refractivity contribution in [3.8, 4) is 0 Å². The molecule has 0 bridgehead atoms. The Labute approximate surface area is 147 Å². The standard InChI is InChI=1S/C20H33ClO2/c1-4-17(19-8-7-15-13-20(15)19)18(6-5-11-23-3)14(2)12-16(21)9-10-22/h9-10,14-15,17-20H,4-8,11-13H2,1-3H3/b16-9-. The van der Waals surface area contributed by atoms with Gasteiger partial charge >= 0.3 is 0 Å². The van der Waals surface area contributed by atoms with Crippen LogP contribution in [0.2, 0.25) is 0 Å². The second-order valence-electron chi connectivity index (χ2n) is 7.70. The molecule has 0 spiro atoms. The van der Waals surface area contributed by atoms with Gasteiger partial charge in [0.05, 0.1) is 0 Å². The number of halogens is 1. The molecule has 132 valence electrons. The summed E-state index contributed by atoms with van der Waals surface area (Å²) >= 11 is 6.23. The second kappa shape index (κ2) is 9.22. The fourth-order valence-corrected chi connectivity index (χ4v) is 5.48. The number of carbonyl (C=O) groups is 1. The Hall–Kier alpha value is -0.340. The fourth-order valence-electron chi connectivity index (χ4n) is 5.19. The molecule has 0 heterocycles. The first-order valence-corrected chi connectivity index (χ1v) is 9.78. The Balaban J connectivity index is 2.04. The van der Waals surface area contributed by atoms with Crippen LogP contribution >= 0.6 is 11.6 Å². The molecule has 23 heavy (non-hydrogen) atoms. The van der Waals surface area contributed by atoms with Crippen molar-refractivity contribution in [1.82, 2.24) is 0 Å². The lowest BCUT2D eigenvalue weighted by Crippen LogP contribution is -2.29. The van der Waals surface area contributed by atoms with E-state index in [1.165, 1.54) is 38.2 Å². The lowest BCUT2D eigenvalue weighted by atomic mass is 9.69. The zero-order chi connectivity index (χ0) is 16.8. The number of aldehydes is 1. The van der Waals surface area contributed by atoms with Crippen LogP contribution in [0.4, 0.5) is 0 Å². The predicted octanol–water partition coefficient (Wildman–Crippen LogP) is 5.45. The van der Waals surface area contributed by atoms with E-state index in [1.54, 1.807) is 7.11 Å². The number of hydrogen-bond acceptors (Lipinski definition) is 2. The zero-order valence-corrected chi connectivity index (χ0v) is 15.7. The third-order valence-corrected chi connectivity index (χ3v) is 6.63. The molecule has 2 saturated carbocycles. The maximum Gasteiger partial charge on any atom is 0.143 e. The van der Waals surface area contributed by atoms with E-state index in [0.29, 0.717) is 16.9 Å². The minimum Gasteiger partial charge on any atom is -0.385 e. The molecule has 6 unspecified atom stereocenters.